The van der Waals surface area contributed by atoms with Gasteiger partial charge in [0.1, 0.15) is 18.5 Å². The second kappa shape index (κ2) is 5.89. The molecule has 2 atom stereocenters. The minimum atomic E-state index is -0.222. The molecule has 18 heavy (non-hydrogen) atoms. The molecule has 0 spiro atoms. The summed E-state index contributed by atoms with van der Waals surface area (Å²) in [5, 5.41) is 3.97. The number of rotatable bonds is 4. The zero-order valence-corrected chi connectivity index (χ0v) is 10.8. The number of carbonyl (C=O) groups excluding carboxylic acids is 1. The summed E-state index contributed by atoms with van der Waals surface area (Å²) in [6.45, 7) is 2.34. The summed E-state index contributed by atoms with van der Waals surface area (Å²) in [7, 11) is 0. The van der Waals surface area contributed by atoms with Crippen LogP contribution < -0.4 is 5.73 Å². The van der Waals surface area contributed by atoms with Crippen molar-refractivity contribution in [1.29, 1.82) is 0 Å². The predicted molar refractivity (Wildman–Crippen MR) is 68.8 cm³/mol. The Labute approximate surface area is 107 Å². The van der Waals surface area contributed by atoms with Crippen LogP contribution in [0.25, 0.3) is 0 Å². The first kappa shape index (κ1) is 12.9. The highest BCUT2D eigenvalue weighted by Crippen LogP contribution is 2.28. The van der Waals surface area contributed by atoms with E-state index in [0.717, 1.165) is 19.3 Å². The van der Waals surface area contributed by atoms with Crippen LogP contribution in [0.4, 0.5) is 5.82 Å². The molecule has 1 saturated carbocycles. The Morgan fingerprint density at radius 1 is 1.61 bits per heavy atom. The molecule has 5 nitrogen and oxygen atoms in total. The lowest BCUT2D eigenvalue weighted by Gasteiger charge is -2.28. The molecule has 1 aromatic rings. The van der Waals surface area contributed by atoms with Crippen LogP contribution in [0.5, 0.6) is 0 Å². The number of esters is 1. The van der Waals surface area contributed by atoms with E-state index in [1.54, 1.807) is 12.3 Å². The van der Waals surface area contributed by atoms with Gasteiger partial charge in [-0.2, -0.15) is 5.10 Å². The summed E-state index contributed by atoms with van der Waals surface area (Å²) in [5.74, 6) is 0.906. The third-order valence-corrected chi connectivity index (χ3v) is 3.56. The Kier molecular flexibility index (Phi) is 4.23. The summed E-state index contributed by atoms with van der Waals surface area (Å²) in [6.07, 6.45) is 7.36. The predicted octanol–water partition coefficient (Wildman–Crippen LogP) is 1.98. The van der Waals surface area contributed by atoms with Crippen LogP contribution in [0.3, 0.4) is 0 Å². The molecule has 1 aromatic heterocycles. The average molecular weight is 251 g/mol. The third kappa shape index (κ3) is 3.48. The summed E-state index contributed by atoms with van der Waals surface area (Å²) in [4.78, 5) is 11.8. The van der Waals surface area contributed by atoms with Crippen molar-refractivity contribution in [3.63, 3.8) is 0 Å². The number of anilines is 1. The van der Waals surface area contributed by atoms with Crippen LogP contribution in [0.1, 0.15) is 39.0 Å². The molecule has 0 amide bonds. The summed E-state index contributed by atoms with van der Waals surface area (Å²) in [5.41, 5.74) is 5.49. The van der Waals surface area contributed by atoms with Crippen LogP contribution in [-0.2, 0) is 16.1 Å². The summed E-state index contributed by atoms with van der Waals surface area (Å²) >= 11 is 0. The fourth-order valence-electron chi connectivity index (χ4n) is 2.54. The molecule has 1 aliphatic rings. The van der Waals surface area contributed by atoms with Gasteiger partial charge in [0.15, 0.2) is 0 Å². The van der Waals surface area contributed by atoms with Crippen LogP contribution in [0.15, 0.2) is 12.3 Å². The first-order valence-corrected chi connectivity index (χ1v) is 6.65. The summed E-state index contributed by atoms with van der Waals surface area (Å²) in [6, 6.07) is 1.67. The molecule has 100 valence electrons. The van der Waals surface area contributed by atoms with Crippen LogP contribution in [-0.4, -0.2) is 21.9 Å². The maximum atomic E-state index is 11.8. The van der Waals surface area contributed by atoms with Gasteiger partial charge in [-0.05, 0) is 31.2 Å². The van der Waals surface area contributed by atoms with E-state index in [-0.39, 0.29) is 18.6 Å². The number of nitrogens with zero attached hydrogens (tertiary/aromatic N) is 2. The van der Waals surface area contributed by atoms with E-state index in [0.29, 0.717) is 11.7 Å². The van der Waals surface area contributed by atoms with Gasteiger partial charge in [-0.3, -0.25) is 9.48 Å². The molecule has 0 radical (unpaired) electrons. The second-order valence-corrected chi connectivity index (χ2v) is 4.99. The van der Waals surface area contributed by atoms with Crippen molar-refractivity contribution in [2.45, 2.75) is 51.7 Å². The van der Waals surface area contributed by atoms with Crippen molar-refractivity contribution >= 4 is 11.8 Å². The van der Waals surface area contributed by atoms with E-state index in [9.17, 15) is 4.79 Å². The first-order valence-electron chi connectivity index (χ1n) is 6.65. The molecule has 2 N–H and O–H groups in total. The van der Waals surface area contributed by atoms with Crippen molar-refractivity contribution in [1.82, 2.24) is 9.78 Å². The highest BCUT2D eigenvalue weighted by atomic mass is 16.5. The first-order chi connectivity index (χ1) is 8.67. The fraction of sp³-hybridized carbons (Fsp3) is 0.692. The van der Waals surface area contributed by atoms with Gasteiger partial charge in [-0.25, -0.2) is 0 Å². The number of ether oxygens (including phenoxy) is 1. The zero-order valence-electron chi connectivity index (χ0n) is 10.8. The van der Waals surface area contributed by atoms with E-state index in [1.807, 2.05) is 0 Å². The van der Waals surface area contributed by atoms with Crippen molar-refractivity contribution in [2.75, 3.05) is 5.73 Å². The minimum absolute atomic E-state index is 0.0871. The maximum Gasteiger partial charge on any atom is 0.328 e. The standard InChI is InChI=1S/C13H21N3O2/c1-2-10-4-3-5-11(8-10)18-13(17)9-16-7-6-12(14)15-16/h6-7,10-11H,2-5,8-9H2,1H3,(H2,14,15). The Hall–Kier alpha value is -1.52. The Morgan fingerprint density at radius 2 is 2.44 bits per heavy atom. The quantitative estimate of drug-likeness (QED) is 0.831. The second-order valence-electron chi connectivity index (χ2n) is 4.99. The Balaban J connectivity index is 1.80. The number of aromatic nitrogens is 2. The minimum Gasteiger partial charge on any atom is -0.461 e. The van der Waals surface area contributed by atoms with Crippen LogP contribution in [0.2, 0.25) is 0 Å². The molecule has 1 aliphatic carbocycles. The molecule has 2 unspecified atom stereocenters. The number of carbonyl (C=O) groups is 1. The molecule has 1 heterocycles. The van der Waals surface area contributed by atoms with Crippen LogP contribution in [0, 0.1) is 5.92 Å². The van der Waals surface area contributed by atoms with E-state index < -0.39 is 0 Å². The summed E-state index contributed by atoms with van der Waals surface area (Å²) < 4.78 is 7.01. The topological polar surface area (TPSA) is 70.1 Å². The molecule has 5 heteroatoms. The van der Waals surface area contributed by atoms with Gasteiger partial charge in [0.25, 0.3) is 0 Å². The van der Waals surface area contributed by atoms with Gasteiger partial charge < -0.3 is 10.5 Å². The lowest BCUT2D eigenvalue weighted by Crippen LogP contribution is -2.27. The molecule has 0 saturated heterocycles. The van der Waals surface area contributed by atoms with Gasteiger partial charge in [0.2, 0.25) is 0 Å². The SMILES string of the molecule is CCC1CCCC(OC(=O)Cn2ccc(N)n2)C1. The molecule has 0 aliphatic heterocycles. The van der Waals surface area contributed by atoms with E-state index in [2.05, 4.69) is 12.0 Å². The number of hydrogen-bond acceptors (Lipinski definition) is 4. The molecule has 0 aromatic carbocycles. The highest BCUT2D eigenvalue weighted by Gasteiger charge is 2.23. The Bertz CT molecular complexity index is 403. The lowest BCUT2D eigenvalue weighted by atomic mass is 9.85. The van der Waals surface area contributed by atoms with Gasteiger partial charge >= 0.3 is 5.97 Å². The number of nitrogen functional groups attached to an aromatic ring is 1. The largest absolute Gasteiger partial charge is 0.461 e. The van der Waals surface area contributed by atoms with E-state index >= 15 is 0 Å². The number of nitrogens with two attached hydrogens (primary N) is 1. The van der Waals surface area contributed by atoms with Crippen LogP contribution >= 0.6 is 0 Å². The fourth-order valence-corrected chi connectivity index (χ4v) is 2.54. The lowest BCUT2D eigenvalue weighted by molar-refractivity contribution is -0.152. The molecule has 2 rings (SSSR count). The maximum absolute atomic E-state index is 11.8. The Morgan fingerprint density at radius 3 is 3.11 bits per heavy atom. The van der Waals surface area contributed by atoms with Crippen molar-refractivity contribution in [3.8, 4) is 0 Å². The van der Waals surface area contributed by atoms with E-state index in [1.165, 1.54) is 17.5 Å². The van der Waals surface area contributed by atoms with Gasteiger partial charge in [0.05, 0.1) is 0 Å². The van der Waals surface area contributed by atoms with Crippen molar-refractivity contribution in [3.05, 3.63) is 12.3 Å². The van der Waals surface area contributed by atoms with E-state index in [4.69, 9.17) is 10.5 Å². The normalized spacial score (nSPS) is 23.8. The van der Waals surface area contributed by atoms with Crippen molar-refractivity contribution in [2.24, 2.45) is 5.92 Å². The van der Waals surface area contributed by atoms with Gasteiger partial charge in [-0.1, -0.05) is 19.8 Å². The van der Waals surface area contributed by atoms with Crippen molar-refractivity contribution < 1.29 is 9.53 Å². The molecular formula is C13H21N3O2. The molecule has 1 fully saturated rings. The monoisotopic (exact) mass is 251 g/mol. The zero-order chi connectivity index (χ0) is 13.0. The third-order valence-electron chi connectivity index (χ3n) is 3.56. The highest BCUT2D eigenvalue weighted by molar-refractivity contribution is 5.69. The molecular weight excluding hydrogens is 230 g/mol. The van der Waals surface area contributed by atoms with Gasteiger partial charge in [0, 0.05) is 6.20 Å². The molecule has 0 bridgehead atoms. The smallest absolute Gasteiger partial charge is 0.328 e. The number of hydrogen-bond donors (Lipinski definition) is 1. The average Bonchev–Trinajstić information content (AvgIpc) is 2.74. The van der Waals surface area contributed by atoms with Gasteiger partial charge in [-0.15, -0.1) is 0 Å².